The number of carbonyl (C=O) groups is 2. The predicted octanol–water partition coefficient (Wildman–Crippen LogP) is 4.53. The van der Waals surface area contributed by atoms with Gasteiger partial charge >= 0.3 is 5.97 Å². The lowest BCUT2D eigenvalue weighted by Gasteiger charge is -2.03. The third kappa shape index (κ3) is 3.23. The van der Waals surface area contributed by atoms with Gasteiger partial charge in [-0.1, -0.05) is 29.3 Å². The Morgan fingerprint density at radius 3 is 2.61 bits per heavy atom. The third-order valence-electron chi connectivity index (χ3n) is 3.14. The molecule has 23 heavy (non-hydrogen) atoms. The summed E-state index contributed by atoms with van der Waals surface area (Å²) in [5, 5.41) is 0.822. The second-order valence-corrected chi connectivity index (χ2v) is 5.68. The fraction of sp³-hybridized carbons (Fsp3) is 0.0588. The average molecular weight is 349 g/mol. The van der Waals surface area contributed by atoms with E-state index in [4.69, 9.17) is 32.7 Å². The highest BCUT2D eigenvalue weighted by atomic mass is 35.5. The summed E-state index contributed by atoms with van der Waals surface area (Å²) in [5.41, 5.74) is 1.10. The van der Waals surface area contributed by atoms with Crippen LogP contribution in [-0.2, 0) is 4.79 Å². The second-order valence-electron chi connectivity index (χ2n) is 4.86. The first-order valence-corrected chi connectivity index (χ1v) is 7.41. The Hall–Kier alpha value is -2.30. The lowest BCUT2D eigenvalue weighted by molar-refractivity contribution is -0.131. The van der Waals surface area contributed by atoms with Crippen molar-refractivity contribution in [3.8, 4) is 11.5 Å². The highest BCUT2D eigenvalue weighted by molar-refractivity contribution is 6.42. The molecule has 0 radical (unpaired) electrons. The zero-order chi connectivity index (χ0) is 16.6. The third-order valence-corrected chi connectivity index (χ3v) is 3.88. The Kier molecular flexibility index (Phi) is 4.11. The van der Waals surface area contributed by atoms with Gasteiger partial charge in [-0.05, 0) is 35.9 Å². The number of esters is 1. The van der Waals surface area contributed by atoms with Gasteiger partial charge in [-0.2, -0.15) is 0 Å². The van der Waals surface area contributed by atoms with Crippen molar-refractivity contribution < 1.29 is 19.1 Å². The molecule has 2 aromatic rings. The van der Waals surface area contributed by atoms with E-state index in [2.05, 4.69) is 0 Å². The Morgan fingerprint density at radius 2 is 1.91 bits per heavy atom. The van der Waals surface area contributed by atoms with Crippen LogP contribution >= 0.6 is 23.2 Å². The van der Waals surface area contributed by atoms with Crippen LogP contribution in [0.25, 0.3) is 6.08 Å². The topological polar surface area (TPSA) is 52.6 Å². The molecule has 1 aliphatic heterocycles. The SMILES string of the molecule is CC(=O)Oc1ccc2c(c1)O/C(=C\c1ccc(Cl)c(Cl)c1)C2=O. The number of hydrogen-bond acceptors (Lipinski definition) is 4. The fourth-order valence-electron chi connectivity index (χ4n) is 2.15. The molecule has 0 aromatic heterocycles. The molecule has 0 aliphatic carbocycles. The van der Waals surface area contributed by atoms with E-state index in [9.17, 15) is 9.59 Å². The fourth-order valence-corrected chi connectivity index (χ4v) is 2.46. The van der Waals surface area contributed by atoms with Crippen LogP contribution in [0.3, 0.4) is 0 Å². The van der Waals surface area contributed by atoms with Gasteiger partial charge in [-0.15, -0.1) is 0 Å². The molecule has 0 fully saturated rings. The van der Waals surface area contributed by atoms with Gasteiger partial charge in [-0.3, -0.25) is 9.59 Å². The van der Waals surface area contributed by atoms with Crippen molar-refractivity contribution in [2.75, 3.05) is 0 Å². The zero-order valence-corrected chi connectivity index (χ0v) is 13.4. The molecule has 116 valence electrons. The molecule has 2 aromatic carbocycles. The van der Waals surface area contributed by atoms with E-state index < -0.39 is 5.97 Å². The van der Waals surface area contributed by atoms with E-state index in [-0.39, 0.29) is 11.5 Å². The maximum Gasteiger partial charge on any atom is 0.308 e. The summed E-state index contributed by atoms with van der Waals surface area (Å²) in [7, 11) is 0. The van der Waals surface area contributed by atoms with Gasteiger partial charge in [0.15, 0.2) is 5.76 Å². The van der Waals surface area contributed by atoms with E-state index >= 15 is 0 Å². The van der Waals surface area contributed by atoms with Crippen LogP contribution in [0.2, 0.25) is 10.0 Å². The van der Waals surface area contributed by atoms with Crippen LogP contribution in [-0.4, -0.2) is 11.8 Å². The largest absolute Gasteiger partial charge is 0.452 e. The number of carbonyl (C=O) groups excluding carboxylic acids is 2. The van der Waals surface area contributed by atoms with Crippen molar-refractivity contribution >= 4 is 41.0 Å². The van der Waals surface area contributed by atoms with Crippen molar-refractivity contribution in [3.63, 3.8) is 0 Å². The molecule has 3 rings (SSSR count). The number of fused-ring (bicyclic) bond motifs is 1. The van der Waals surface area contributed by atoms with E-state index in [1.807, 2.05) is 0 Å². The quantitative estimate of drug-likeness (QED) is 0.454. The van der Waals surface area contributed by atoms with Crippen LogP contribution in [0.5, 0.6) is 11.5 Å². The molecule has 0 saturated carbocycles. The number of allylic oxidation sites excluding steroid dienone is 1. The molecule has 0 amide bonds. The summed E-state index contributed by atoms with van der Waals surface area (Å²) in [6.07, 6.45) is 1.58. The average Bonchev–Trinajstić information content (AvgIpc) is 2.78. The van der Waals surface area contributed by atoms with E-state index in [1.54, 1.807) is 36.4 Å². The van der Waals surface area contributed by atoms with Gasteiger partial charge in [0.2, 0.25) is 5.78 Å². The number of Topliss-reactive ketones (excluding diaryl/α,β-unsaturated/α-hetero) is 1. The van der Waals surface area contributed by atoms with Gasteiger partial charge in [0, 0.05) is 13.0 Å². The van der Waals surface area contributed by atoms with Crippen molar-refractivity contribution in [1.82, 2.24) is 0 Å². The maximum atomic E-state index is 12.3. The molecule has 6 heteroatoms. The first-order valence-electron chi connectivity index (χ1n) is 6.66. The number of ketones is 1. The normalized spacial score (nSPS) is 14.6. The van der Waals surface area contributed by atoms with Gasteiger partial charge < -0.3 is 9.47 Å². The molecule has 0 atom stereocenters. The Balaban J connectivity index is 1.91. The van der Waals surface area contributed by atoms with Gasteiger partial charge in [0.1, 0.15) is 11.5 Å². The Bertz CT molecular complexity index is 856. The van der Waals surface area contributed by atoms with Gasteiger partial charge in [0.05, 0.1) is 15.6 Å². The minimum atomic E-state index is -0.444. The van der Waals surface area contributed by atoms with Gasteiger partial charge in [-0.25, -0.2) is 0 Å². The summed E-state index contributed by atoms with van der Waals surface area (Å²) in [6.45, 7) is 1.30. The minimum Gasteiger partial charge on any atom is -0.452 e. The highest BCUT2D eigenvalue weighted by Gasteiger charge is 2.27. The second kappa shape index (κ2) is 6.07. The minimum absolute atomic E-state index is 0.165. The molecule has 0 saturated heterocycles. The molecule has 1 heterocycles. The molecule has 0 unspecified atom stereocenters. The van der Waals surface area contributed by atoms with Crippen LogP contribution in [0.15, 0.2) is 42.2 Å². The van der Waals surface area contributed by atoms with E-state index in [0.717, 1.165) is 0 Å². The van der Waals surface area contributed by atoms with Crippen LogP contribution in [0.4, 0.5) is 0 Å². The molecule has 4 nitrogen and oxygen atoms in total. The lowest BCUT2D eigenvalue weighted by atomic mass is 10.1. The Labute approximate surface area is 142 Å². The standard InChI is InChI=1S/C17H10Cl2O4/c1-9(20)22-11-3-4-12-15(8-11)23-16(17(12)21)7-10-2-5-13(18)14(19)6-10/h2-8H,1H3/b16-7-. The lowest BCUT2D eigenvalue weighted by Crippen LogP contribution is -2.01. The summed E-state index contributed by atoms with van der Waals surface area (Å²) in [6, 6.07) is 9.62. The monoisotopic (exact) mass is 348 g/mol. The van der Waals surface area contributed by atoms with Crippen molar-refractivity contribution in [1.29, 1.82) is 0 Å². The molecular weight excluding hydrogens is 339 g/mol. The van der Waals surface area contributed by atoms with Crippen molar-refractivity contribution in [2.24, 2.45) is 0 Å². The summed E-state index contributed by atoms with van der Waals surface area (Å²) < 4.78 is 10.5. The summed E-state index contributed by atoms with van der Waals surface area (Å²) >= 11 is 11.8. The van der Waals surface area contributed by atoms with Crippen LogP contribution in [0.1, 0.15) is 22.8 Å². The highest BCUT2D eigenvalue weighted by Crippen LogP contribution is 2.35. The molecule has 0 bridgehead atoms. The molecular formula is C17H10Cl2O4. The zero-order valence-electron chi connectivity index (χ0n) is 11.9. The first-order chi connectivity index (χ1) is 10.9. The molecule has 0 N–H and O–H groups in total. The van der Waals surface area contributed by atoms with E-state index in [1.165, 1.54) is 13.0 Å². The smallest absolute Gasteiger partial charge is 0.308 e. The van der Waals surface area contributed by atoms with Crippen LogP contribution in [0, 0.1) is 0 Å². The number of rotatable bonds is 2. The number of ether oxygens (including phenoxy) is 2. The number of benzene rings is 2. The summed E-state index contributed by atoms with van der Waals surface area (Å²) in [4.78, 5) is 23.3. The van der Waals surface area contributed by atoms with E-state index in [0.29, 0.717) is 32.7 Å². The first kappa shape index (κ1) is 15.6. The Morgan fingerprint density at radius 1 is 1.13 bits per heavy atom. The number of halogens is 2. The number of hydrogen-bond donors (Lipinski definition) is 0. The maximum absolute atomic E-state index is 12.3. The molecule has 1 aliphatic rings. The van der Waals surface area contributed by atoms with Crippen molar-refractivity contribution in [2.45, 2.75) is 6.92 Å². The molecule has 0 spiro atoms. The van der Waals surface area contributed by atoms with Crippen molar-refractivity contribution in [3.05, 3.63) is 63.3 Å². The predicted molar refractivity (Wildman–Crippen MR) is 87.1 cm³/mol. The van der Waals surface area contributed by atoms with Gasteiger partial charge in [0.25, 0.3) is 0 Å². The van der Waals surface area contributed by atoms with Crippen LogP contribution < -0.4 is 9.47 Å². The summed E-state index contributed by atoms with van der Waals surface area (Å²) in [5.74, 6) is 0.138.